The van der Waals surface area contributed by atoms with Gasteiger partial charge < -0.3 is 0 Å². The van der Waals surface area contributed by atoms with Gasteiger partial charge in [-0.15, -0.1) is 0 Å². The van der Waals surface area contributed by atoms with Crippen molar-refractivity contribution in [2.75, 3.05) is 0 Å². The molecule has 3 rings (SSSR count). The summed E-state index contributed by atoms with van der Waals surface area (Å²) in [5.74, 6) is 0. The maximum absolute atomic E-state index is 12.9. The van der Waals surface area contributed by atoms with Gasteiger partial charge in [-0.25, -0.2) is 13.6 Å². The summed E-state index contributed by atoms with van der Waals surface area (Å²) in [7, 11) is -3.99. The van der Waals surface area contributed by atoms with Gasteiger partial charge in [-0.1, -0.05) is 60.1 Å². The van der Waals surface area contributed by atoms with Crippen LogP contribution in [0.25, 0.3) is 22.3 Å². The van der Waals surface area contributed by atoms with Gasteiger partial charge in [-0.2, -0.15) is 13.2 Å². The highest BCUT2D eigenvalue weighted by molar-refractivity contribution is 7.89. The Balaban J connectivity index is 2.22. The number of nitrogens with two attached hydrogens (primary N) is 1. The summed E-state index contributed by atoms with van der Waals surface area (Å²) in [5, 5.41) is 4.87. The first kappa shape index (κ1) is 19.4. The van der Waals surface area contributed by atoms with Gasteiger partial charge in [0.15, 0.2) is 0 Å². The lowest BCUT2D eigenvalue weighted by molar-refractivity contribution is -0.137. The summed E-state index contributed by atoms with van der Waals surface area (Å²) >= 11 is 5.83. The molecule has 0 unspecified atom stereocenters. The van der Waals surface area contributed by atoms with E-state index < -0.39 is 26.8 Å². The maximum Gasteiger partial charge on any atom is 0.417 e. The third-order valence-electron chi connectivity index (χ3n) is 4.00. The molecule has 0 aliphatic rings. The van der Waals surface area contributed by atoms with E-state index in [1.54, 1.807) is 42.5 Å². The third kappa shape index (κ3) is 4.00. The molecule has 0 saturated carbocycles. The molecule has 3 aromatic carbocycles. The molecule has 0 heterocycles. The molecular formula is C19H13ClF3NO2S. The highest BCUT2D eigenvalue weighted by Crippen LogP contribution is 2.40. The third-order valence-corrected chi connectivity index (χ3v) is 5.28. The number of sulfonamides is 1. The van der Waals surface area contributed by atoms with E-state index in [1.807, 2.05) is 0 Å². The number of halogens is 4. The fourth-order valence-corrected chi connectivity index (χ4v) is 3.86. The number of hydrogen-bond acceptors (Lipinski definition) is 2. The van der Waals surface area contributed by atoms with E-state index in [0.717, 1.165) is 6.07 Å². The Morgan fingerprint density at radius 1 is 0.815 bits per heavy atom. The second kappa shape index (κ2) is 6.99. The summed E-state index contributed by atoms with van der Waals surface area (Å²) in [6, 6.07) is 16.3. The molecule has 3 aromatic rings. The molecule has 0 amide bonds. The van der Waals surface area contributed by atoms with Gasteiger partial charge in [0.05, 0.1) is 15.5 Å². The Hall–Kier alpha value is -2.35. The molecule has 0 radical (unpaired) electrons. The number of benzene rings is 3. The summed E-state index contributed by atoms with van der Waals surface area (Å²) in [6.07, 6.45) is -4.56. The largest absolute Gasteiger partial charge is 0.417 e. The molecule has 0 aliphatic heterocycles. The van der Waals surface area contributed by atoms with E-state index in [2.05, 4.69) is 0 Å². The predicted molar refractivity (Wildman–Crippen MR) is 98.7 cm³/mol. The van der Waals surface area contributed by atoms with Crippen LogP contribution in [0.4, 0.5) is 13.2 Å². The first-order valence-corrected chi connectivity index (χ1v) is 9.60. The number of primary sulfonamides is 1. The average Bonchev–Trinajstić information content (AvgIpc) is 2.60. The topological polar surface area (TPSA) is 60.2 Å². The minimum atomic E-state index is -4.56. The molecule has 0 fully saturated rings. The van der Waals surface area contributed by atoms with E-state index in [-0.39, 0.29) is 4.90 Å². The van der Waals surface area contributed by atoms with E-state index in [4.69, 9.17) is 16.7 Å². The second-order valence-corrected chi connectivity index (χ2v) is 7.72. The van der Waals surface area contributed by atoms with Gasteiger partial charge >= 0.3 is 6.18 Å². The van der Waals surface area contributed by atoms with Crippen LogP contribution in [0.1, 0.15) is 5.56 Å². The Kier molecular flexibility index (Phi) is 5.03. The molecule has 0 aliphatic carbocycles. The van der Waals surface area contributed by atoms with Gasteiger partial charge in [-0.3, -0.25) is 0 Å². The SMILES string of the molecule is NS(=O)(=O)c1ccccc1-c1ccccc1-c1ccc(C(F)(F)F)c(Cl)c1. The fraction of sp³-hybridized carbons (Fsp3) is 0.0526. The van der Waals surface area contributed by atoms with Crippen LogP contribution < -0.4 is 5.14 Å². The van der Waals surface area contributed by atoms with Crippen LogP contribution >= 0.6 is 11.6 Å². The normalized spacial score (nSPS) is 12.2. The Morgan fingerprint density at radius 2 is 1.37 bits per heavy atom. The number of alkyl halides is 3. The van der Waals surface area contributed by atoms with Crippen molar-refractivity contribution in [1.82, 2.24) is 0 Å². The molecule has 0 spiro atoms. The fourth-order valence-electron chi connectivity index (χ4n) is 2.82. The van der Waals surface area contributed by atoms with Gasteiger partial charge in [0.2, 0.25) is 10.0 Å². The molecule has 3 nitrogen and oxygen atoms in total. The van der Waals surface area contributed by atoms with Crippen molar-refractivity contribution >= 4 is 21.6 Å². The summed E-state index contributed by atoms with van der Waals surface area (Å²) in [6.45, 7) is 0. The molecule has 140 valence electrons. The van der Waals surface area contributed by atoms with Crippen molar-refractivity contribution in [2.45, 2.75) is 11.1 Å². The van der Waals surface area contributed by atoms with Crippen molar-refractivity contribution in [1.29, 1.82) is 0 Å². The van der Waals surface area contributed by atoms with Crippen LogP contribution in [0.5, 0.6) is 0 Å². The van der Waals surface area contributed by atoms with Crippen LogP contribution in [0.2, 0.25) is 5.02 Å². The summed E-state index contributed by atoms with van der Waals surface area (Å²) < 4.78 is 62.7. The number of hydrogen-bond donors (Lipinski definition) is 1. The highest BCUT2D eigenvalue weighted by atomic mass is 35.5. The minimum absolute atomic E-state index is 0.0736. The van der Waals surface area contributed by atoms with E-state index in [9.17, 15) is 21.6 Å². The summed E-state index contributed by atoms with van der Waals surface area (Å²) in [5.41, 5.74) is 0.886. The van der Waals surface area contributed by atoms with Crippen LogP contribution in [-0.4, -0.2) is 8.42 Å². The van der Waals surface area contributed by atoms with Crippen molar-refractivity contribution < 1.29 is 21.6 Å². The molecule has 27 heavy (non-hydrogen) atoms. The molecule has 0 saturated heterocycles. The number of rotatable bonds is 3. The smallest absolute Gasteiger partial charge is 0.225 e. The second-order valence-electron chi connectivity index (χ2n) is 5.78. The predicted octanol–water partition coefficient (Wildman–Crippen LogP) is 5.34. The molecule has 2 N–H and O–H groups in total. The highest BCUT2D eigenvalue weighted by Gasteiger charge is 2.33. The summed E-state index contributed by atoms with van der Waals surface area (Å²) in [4.78, 5) is -0.0736. The van der Waals surface area contributed by atoms with Crippen molar-refractivity contribution in [2.24, 2.45) is 5.14 Å². The van der Waals surface area contributed by atoms with Crippen molar-refractivity contribution in [3.05, 3.63) is 77.3 Å². The van der Waals surface area contributed by atoms with Crippen LogP contribution in [0.3, 0.4) is 0 Å². The van der Waals surface area contributed by atoms with Crippen LogP contribution in [-0.2, 0) is 16.2 Å². The standard InChI is InChI=1S/C19H13ClF3NO2S/c20-17-11-12(9-10-16(17)19(21,22)23)13-5-1-2-6-14(13)15-7-3-4-8-18(15)27(24,25)26/h1-11H,(H2,24,25,26). The molecular weight excluding hydrogens is 399 g/mol. The van der Waals surface area contributed by atoms with Gasteiger partial charge in [0.1, 0.15) is 0 Å². The Morgan fingerprint density at radius 3 is 1.93 bits per heavy atom. The van der Waals surface area contributed by atoms with E-state index >= 15 is 0 Å². The van der Waals surface area contributed by atoms with E-state index in [0.29, 0.717) is 22.3 Å². The van der Waals surface area contributed by atoms with E-state index in [1.165, 1.54) is 18.2 Å². The first-order valence-electron chi connectivity index (χ1n) is 7.67. The Labute approximate surface area is 159 Å². The Bertz CT molecular complexity index is 1110. The molecule has 0 atom stereocenters. The lowest BCUT2D eigenvalue weighted by Crippen LogP contribution is -2.13. The zero-order valence-corrected chi connectivity index (χ0v) is 15.2. The lowest BCUT2D eigenvalue weighted by Gasteiger charge is -2.15. The zero-order chi connectivity index (χ0) is 19.8. The quantitative estimate of drug-likeness (QED) is 0.632. The van der Waals surface area contributed by atoms with Gasteiger partial charge in [-0.05, 0) is 34.9 Å². The monoisotopic (exact) mass is 411 g/mol. The molecule has 0 bridgehead atoms. The van der Waals surface area contributed by atoms with Crippen molar-refractivity contribution in [3.8, 4) is 22.3 Å². The maximum atomic E-state index is 12.9. The van der Waals surface area contributed by atoms with Gasteiger partial charge in [0.25, 0.3) is 0 Å². The molecule has 8 heteroatoms. The zero-order valence-electron chi connectivity index (χ0n) is 13.7. The minimum Gasteiger partial charge on any atom is -0.225 e. The van der Waals surface area contributed by atoms with Crippen molar-refractivity contribution in [3.63, 3.8) is 0 Å². The average molecular weight is 412 g/mol. The van der Waals surface area contributed by atoms with Crippen LogP contribution in [0.15, 0.2) is 71.6 Å². The molecule has 0 aromatic heterocycles. The first-order chi connectivity index (χ1) is 12.6. The van der Waals surface area contributed by atoms with Gasteiger partial charge in [0, 0.05) is 5.56 Å². The van der Waals surface area contributed by atoms with Crippen LogP contribution in [0, 0.1) is 0 Å². The lowest BCUT2D eigenvalue weighted by atomic mass is 9.94.